The maximum absolute atomic E-state index is 9.38. The fourth-order valence-electron chi connectivity index (χ4n) is 4.09. The molecule has 6 nitrogen and oxygen atoms in total. The molecule has 0 aliphatic heterocycles. The predicted octanol–water partition coefficient (Wildman–Crippen LogP) is 5.59. The first kappa shape index (κ1) is 25.9. The van der Waals surface area contributed by atoms with Crippen molar-refractivity contribution in [2.45, 2.75) is 39.6 Å². The molecule has 37 heavy (non-hydrogen) atoms. The van der Waals surface area contributed by atoms with Gasteiger partial charge in [-0.15, -0.1) is 0 Å². The van der Waals surface area contributed by atoms with Crippen LogP contribution < -0.4 is 15.4 Å². The lowest BCUT2D eigenvalue weighted by atomic mass is 9.96. The number of aromatic nitrogens is 1. The minimum Gasteiger partial charge on any atom is -0.488 e. The Balaban J connectivity index is 1.52. The fourth-order valence-corrected chi connectivity index (χ4v) is 4.09. The van der Waals surface area contributed by atoms with Gasteiger partial charge in [-0.1, -0.05) is 54.6 Å². The molecule has 0 aliphatic carbocycles. The maximum atomic E-state index is 9.38. The molecule has 4 aromatic rings. The molecular formula is C31H32N4O2. The lowest BCUT2D eigenvalue weighted by Gasteiger charge is -2.17. The Morgan fingerprint density at radius 1 is 0.973 bits per heavy atom. The number of ether oxygens (including phenoxy) is 1. The largest absolute Gasteiger partial charge is 0.488 e. The molecule has 0 spiro atoms. The van der Waals surface area contributed by atoms with E-state index in [1.807, 2.05) is 31.2 Å². The van der Waals surface area contributed by atoms with Gasteiger partial charge in [-0.05, 0) is 48.2 Å². The molecule has 0 saturated carbocycles. The zero-order chi connectivity index (χ0) is 26.0. The Labute approximate surface area is 218 Å². The number of hydrogen-bond acceptors (Lipinski definition) is 6. The number of nitriles is 1. The molecule has 3 aromatic carbocycles. The summed E-state index contributed by atoms with van der Waals surface area (Å²) in [5.74, 6) is 0.736. The summed E-state index contributed by atoms with van der Waals surface area (Å²) in [5, 5.41) is 25.4. The van der Waals surface area contributed by atoms with E-state index < -0.39 is 0 Å². The maximum Gasteiger partial charge on any atom is 0.126 e. The first-order valence-corrected chi connectivity index (χ1v) is 12.4. The highest BCUT2D eigenvalue weighted by Crippen LogP contribution is 2.28. The van der Waals surface area contributed by atoms with E-state index in [1.54, 1.807) is 12.3 Å². The Hall–Kier alpha value is -4.18. The number of pyridine rings is 1. The third-order valence-electron chi connectivity index (χ3n) is 6.31. The zero-order valence-electron chi connectivity index (χ0n) is 21.2. The second-order valence-electron chi connectivity index (χ2n) is 9.08. The molecule has 0 bridgehead atoms. The summed E-state index contributed by atoms with van der Waals surface area (Å²) in [6.07, 6.45) is 3.24. The Kier molecular flexibility index (Phi) is 8.88. The topological polar surface area (TPSA) is 90.2 Å². The van der Waals surface area contributed by atoms with Crippen molar-refractivity contribution >= 4 is 5.69 Å². The summed E-state index contributed by atoms with van der Waals surface area (Å²) in [6.45, 7) is 5.69. The van der Waals surface area contributed by atoms with Crippen LogP contribution in [-0.2, 0) is 19.7 Å². The van der Waals surface area contributed by atoms with Gasteiger partial charge >= 0.3 is 0 Å². The van der Waals surface area contributed by atoms with E-state index in [1.165, 1.54) is 28.5 Å². The summed E-state index contributed by atoms with van der Waals surface area (Å²) < 4.78 is 6.19. The molecule has 0 amide bonds. The van der Waals surface area contributed by atoms with Gasteiger partial charge < -0.3 is 20.5 Å². The number of hydrogen-bond donors (Lipinski definition) is 3. The summed E-state index contributed by atoms with van der Waals surface area (Å²) >= 11 is 0. The van der Waals surface area contributed by atoms with Crippen molar-refractivity contribution in [2.75, 3.05) is 11.9 Å². The SMILES string of the molecule is Cc1c(CNc2ccc(CN[C@@H](C)CO)c(OCc3cncc(C#N)c3)c2)cccc1-c1ccccc1. The van der Waals surface area contributed by atoms with E-state index in [0.717, 1.165) is 22.6 Å². The smallest absolute Gasteiger partial charge is 0.126 e. The second-order valence-corrected chi connectivity index (χ2v) is 9.08. The minimum atomic E-state index is -0.0259. The minimum absolute atomic E-state index is 0.0259. The van der Waals surface area contributed by atoms with Crippen LogP contribution in [0.3, 0.4) is 0 Å². The molecule has 0 saturated heterocycles. The van der Waals surface area contributed by atoms with Gasteiger partial charge in [0.15, 0.2) is 0 Å². The lowest BCUT2D eigenvalue weighted by molar-refractivity contribution is 0.249. The Bertz CT molecular complexity index is 1370. The van der Waals surface area contributed by atoms with Gasteiger partial charge in [0.25, 0.3) is 0 Å². The molecule has 1 atom stereocenters. The van der Waals surface area contributed by atoms with Crippen molar-refractivity contribution in [1.82, 2.24) is 10.3 Å². The number of aliphatic hydroxyl groups excluding tert-OH is 1. The predicted molar refractivity (Wildman–Crippen MR) is 147 cm³/mol. The summed E-state index contributed by atoms with van der Waals surface area (Å²) in [5.41, 5.74) is 8.18. The highest BCUT2D eigenvalue weighted by Gasteiger charge is 2.10. The summed E-state index contributed by atoms with van der Waals surface area (Å²) in [6, 6.07) is 26.8. The van der Waals surface area contributed by atoms with Gasteiger partial charge in [-0.25, -0.2) is 0 Å². The highest BCUT2D eigenvalue weighted by atomic mass is 16.5. The van der Waals surface area contributed by atoms with Crippen molar-refractivity contribution in [3.63, 3.8) is 0 Å². The summed E-state index contributed by atoms with van der Waals surface area (Å²) in [4.78, 5) is 4.12. The monoisotopic (exact) mass is 492 g/mol. The van der Waals surface area contributed by atoms with Crippen LogP contribution >= 0.6 is 0 Å². The third kappa shape index (κ3) is 6.95. The molecule has 0 radical (unpaired) electrons. The molecule has 3 N–H and O–H groups in total. The van der Waals surface area contributed by atoms with Gasteiger partial charge in [0.1, 0.15) is 18.4 Å². The molecule has 1 heterocycles. The van der Waals surface area contributed by atoms with Gasteiger partial charge in [0.05, 0.1) is 12.2 Å². The van der Waals surface area contributed by atoms with Gasteiger partial charge in [-0.3, -0.25) is 4.98 Å². The highest BCUT2D eigenvalue weighted by molar-refractivity contribution is 5.68. The molecule has 1 aromatic heterocycles. The fraction of sp³-hybridized carbons (Fsp3) is 0.226. The van der Waals surface area contributed by atoms with E-state index in [2.05, 4.69) is 71.1 Å². The van der Waals surface area contributed by atoms with Crippen molar-refractivity contribution < 1.29 is 9.84 Å². The Morgan fingerprint density at radius 2 is 1.81 bits per heavy atom. The lowest BCUT2D eigenvalue weighted by Crippen LogP contribution is -2.28. The van der Waals surface area contributed by atoms with E-state index in [-0.39, 0.29) is 12.6 Å². The summed E-state index contributed by atoms with van der Waals surface area (Å²) in [7, 11) is 0. The van der Waals surface area contributed by atoms with Crippen LogP contribution in [0, 0.1) is 18.3 Å². The first-order chi connectivity index (χ1) is 18.1. The van der Waals surface area contributed by atoms with E-state index in [9.17, 15) is 5.11 Å². The van der Waals surface area contributed by atoms with E-state index in [4.69, 9.17) is 10.00 Å². The third-order valence-corrected chi connectivity index (χ3v) is 6.31. The molecule has 6 heteroatoms. The van der Waals surface area contributed by atoms with Gasteiger partial charge in [0.2, 0.25) is 0 Å². The van der Waals surface area contributed by atoms with Crippen LogP contribution in [0.5, 0.6) is 5.75 Å². The zero-order valence-corrected chi connectivity index (χ0v) is 21.2. The van der Waals surface area contributed by atoms with Crippen LogP contribution in [0.15, 0.2) is 85.2 Å². The number of anilines is 1. The van der Waals surface area contributed by atoms with Crippen molar-refractivity contribution in [2.24, 2.45) is 0 Å². The molecule has 4 rings (SSSR count). The van der Waals surface area contributed by atoms with E-state index in [0.29, 0.717) is 25.3 Å². The van der Waals surface area contributed by atoms with Crippen LogP contribution in [0.1, 0.15) is 34.7 Å². The molecule has 0 fully saturated rings. The quantitative estimate of drug-likeness (QED) is 0.253. The Morgan fingerprint density at radius 3 is 2.59 bits per heavy atom. The van der Waals surface area contributed by atoms with Crippen LogP contribution in [0.2, 0.25) is 0 Å². The van der Waals surface area contributed by atoms with E-state index >= 15 is 0 Å². The number of benzene rings is 3. The standard InChI is InChI=1S/C31H32N4O2/c1-22(20-36)34-19-28-11-12-29(14-31(28)37-21-25-13-24(15-32)16-33-17-25)35-18-27-9-6-10-30(23(27)2)26-7-4-3-5-8-26/h3-14,16-17,22,34-36H,18-21H2,1-2H3/t22-/m0/s1. The van der Waals surface area contributed by atoms with Crippen LogP contribution in [0.4, 0.5) is 5.69 Å². The molecule has 0 unspecified atom stereocenters. The number of rotatable bonds is 11. The second kappa shape index (κ2) is 12.7. The first-order valence-electron chi connectivity index (χ1n) is 12.4. The van der Waals surface area contributed by atoms with Gasteiger partial charge in [0, 0.05) is 54.4 Å². The normalized spacial score (nSPS) is 11.5. The average molecular weight is 493 g/mol. The molecular weight excluding hydrogens is 460 g/mol. The number of nitrogens with zero attached hydrogens (tertiary/aromatic N) is 2. The molecule has 0 aliphatic rings. The van der Waals surface area contributed by atoms with Crippen molar-refractivity contribution in [3.8, 4) is 22.9 Å². The van der Waals surface area contributed by atoms with Crippen molar-refractivity contribution in [1.29, 1.82) is 5.26 Å². The van der Waals surface area contributed by atoms with Crippen molar-refractivity contribution in [3.05, 3.63) is 113 Å². The van der Waals surface area contributed by atoms with Crippen LogP contribution in [-0.4, -0.2) is 22.7 Å². The van der Waals surface area contributed by atoms with Crippen LogP contribution in [0.25, 0.3) is 11.1 Å². The number of aliphatic hydroxyl groups is 1. The number of nitrogens with one attached hydrogen (secondary N) is 2. The average Bonchev–Trinajstić information content (AvgIpc) is 2.95. The molecule has 188 valence electrons. The van der Waals surface area contributed by atoms with Gasteiger partial charge in [-0.2, -0.15) is 5.26 Å².